The van der Waals surface area contributed by atoms with Gasteiger partial charge in [-0.3, -0.25) is 0 Å². The first-order valence-corrected chi connectivity index (χ1v) is 11.6. The van der Waals surface area contributed by atoms with Gasteiger partial charge in [-0.25, -0.2) is 30.7 Å². The van der Waals surface area contributed by atoms with E-state index in [9.17, 15) is 21.6 Å². The van der Waals surface area contributed by atoms with Gasteiger partial charge in [0.15, 0.2) is 0 Å². The number of fused-ring (bicyclic) bond motifs is 2. The van der Waals surface area contributed by atoms with Crippen LogP contribution in [-0.2, 0) is 16.4 Å². The Morgan fingerprint density at radius 2 is 1.87 bits per heavy atom. The Balaban J connectivity index is 0.00000272. The molecule has 170 valence electrons. The number of halogens is 5. The monoisotopic (exact) mass is 478 g/mol. The van der Waals surface area contributed by atoms with Gasteiger partial charge in [0, 0.05) is 29.3 Å². The third-order valence-corrected chi connectivity index (χ3v) is 6.62. The summed E-state index contributed by atoms with van der Waals surface area (Å²) in [5.41, 5.74) is -0.131. The second-order valence-electron chi connectivity index (χ2n) is 8.17. The van der Waals surface area contributed by atoms with Crippen molar-refractivity contribution in [2.75, 3.05) is 6.26 Å². The lowest BCUT2D eigenvalue weighted by atomic mass is 9.68. The number of sulfonamides is 1. The molecule has 0 radical (unpaired) electrons. The molecule has 3 fully saturated rings. The number of rotatable bonds is 6. The zero-order chi connectivity index (χ0) is 21.6. The van der Waals surface area contributed by atoms with Crippen molar-refractivity contribution in [1.29, 1.82) is 0 Å². The van der Waals surface area contributed by atoms with Crippen molar-refractivity contribution in [2.45, 2.75) is 43.8 Å². The van der Waals surface area contributed by atoms with E-state index in [1.165, 1.54) is 6.07 Å². The maximum absolute atomic E-state index is 15.3. The lowest BCUT2D eigenvalue weighted by molar-refractivity contribution is 0.0809. The topological polar surface area (TPSA) is 58.2 Å². The Hall–Kier alpha value is -1.68. The van der Waals surface area contributed by atoms with Gasteiger partial charge in [-0.1, -0.05) is 18.2 Å². The summed E-state index contributed by atoms with van der Waals surface area (Å²) in [6.07, 6.45) is 0.182. The van der Waals surface area contributed by atoms with Crippen LogP contribution in [0.15, 0.2) is 36.4 Å². The van der Waals surface area contributed by atoms with Crippen LogP contribution < -0.4 is 10.0 Å². The van der Waals surface area contributed by atoms with Crippen molar-refractivity contribution in [3.05, 3.63) is 59.2 Å². The molecule has 2 saturated heterocycles. The molecule has 2 aliphatic heterocycles. The lowest BCUT2D eigenvalue weighted by Crippen LogP contribution is -2.67. The fraction of sp³-hybridized carbons (Fsp3) is 0.429. The third kappa shape index (κ3) is 5.22. The molecule has 1 aliphatic carbocycles. The molecule has 31 heavy (non-hydrogen) atoms. The smallest absolute Gasteiger partial charge is 0.263 e. The summed E-state index contributed by atoms with van der Waals surface area (Å²) in [5.74, 6) is -1.29. The zero-order valence-electron chi connectivity index (χ0n) is 16.6. The second kappa shape index (κ2) is 9.05. The van der Waals surface area contributed by atoms with Crippen molar-refractivity contribution >= 4 is 22.4 Å². The van der Waals surface area contributed by atoms with Crippen LogP contribution in [0, 0.1) is 17.6 Å². The summed E-state index contributed by atoms with van der Waals surface area (Å²) in [7, 11) is -3.43. The molecule has 10 heteroatoms. The summed E-state index contributed by atoms with van der Waals surface area (Å²) < 4.78 is 81.3. The van der Waals surface area contributed by atoms with Crippen molar-refractivity contribution in [1.82, 2.24) is 10.0 Å². The molecule has 2 atom stereocenters. The Labute approximate surface area is 184 Å². The third-order valence-electron chi connectivity index (χ3n) is 5.92. The standard InChI is InChI=1S/C21H22F4N2O2S.ClH/c1-30(28,29)27-20-13-8-16(9-13)26-18(20)10-11-3-2-4-17(19(11)23)12-5-14(21(24)25)7-15(22)6-12;/h2-7,13,16,18,20-21,26-27H,8-10H2,1H3;1H/t13?,16?,18-,20-;/m0./s1. The molecule has 4 nitrogen and oxygen atoms in total. The normalized spacial score (nSPS) is 25.1. The Morgan fingerprint density at radius 3 is 2.52 bits per heavy atom. The highest BCUT2D eigenvalue weighted by molar-refractivity contribution is 7.88. The van der Waals surface area contributed by atoms with Crippen molar-refractivity contribution in [2.24, 2.45) is 5.92 Å². The second-order valence-corrected chi connectivity index (χ2v) is 9.95. The van der Waals surface area contributed by atoms with Gasteiger partial charge in [-0.2, -0.15) is 0 Å². The molecule has 2 bridgehead atoms. The van der Waals surface area contributed by atoms with Crippen LogP contribution in [-0.4, -0.2) is 32.8 Å². The number of hydrogen-bond donors (Lipinski definition) is 2. The highest BCUT2D eigenvalue weighted by atomic mass is 35.5. The number of nitrogens with one attached hydrogen (secondary N) is 2. The van der Waals surface area contributed by atoms with Crippen molar-refractivity contribution in [3.63, 3.8) is 0 Å². The van der Waals surface area contributed by atoms with Crippen LogP contribution in [0.25, 0.3) is 11.1 Å². The van der Waals surface area contributed by atoms with Crippen LogP contribution in [0.4, 0.5) is 17.6 Å². The first kappa shape index (κ1) is 24.0. The van der Waals surface area contributed by atoms with Crippen LogP contribution in [0.3, 0.4) is 0 Å². The molecule has 0 unspecified atom stereocenters. The number of piperidine rings is 2. The van der Waals surface area contributed by atoms with E-state index in [0.29, 0.717) is 5.56 Å². The first-order valence-electron chi connectivity index (χ1n) is 9.70. The van der Waals surface area contributed by atoms with E-state index >= 15 is 4.39 Å². The lowest BCUT2D eigenvalue weighted by Gasteiger charge is -2.52. The largest absolute Gasteiger partial charge is 0.309 e. The maximum atomic E-state index is 15.3. The summed E-state index contributed by atoms with van der Waals surface area (Å²) in [6, 6.07) is 7.04. The van der Waals surface area contributed by atoms with Gasteiger partial charge in [0.2, 0.25) is 10.0 Å². The van der Waals surface area contributed by atoms with Gasteiger partial charge >= 0.3 is 0 Å². The molecule has 2 heterocycles. The number of alkyl halides is 2. The number of hydrogen-bond acceptors (Lipinski definition) is 3. The van der Waals surface area contributed by atoms with E-state index in [1.54, 1.807) is 12.1 Å². The van der Waals surface area contributed by atoms with E-state index in [2.05, 4.69) is 10.0 Å². The van der Waals surface area contributed by atoms with E-state index in [4.69, 9.17) is 0 Å². The van der Waals surface area contributed by atoms with Crippen molar-refractivity contribution < 1.29 is 26.0 Å². The van der Waals surface area contributed by atoms with Crippen LogP contribution >= 0.6 is 12.4 Å². The first-order chi connectivity index (χ1) is 14.1. The molecular formula is C21H23ClF4N2O2S. The van der Waals surface area contributed by atoms with E-state index in [1.807, 2.05) is 0 Å². The van der Waals surface area contributed by atoms with Crippen LogP contribution in [0.1, 0.15) is 30.4 Å². The van der Waals surface area contributed by atoms with Gasteiger partial charge in [0.1, 0.15) is 11.6 Å². The minimum Gasteiger partial charge on any atom is -0.309 e. The summed E-state index contributed by atoms with van der Waals surface area (Å²) >= 11 is 0. The molecule has 2 N–H and O–H groups in total. The average Bonchev–Trinajstić information content (AvgIpc) is 2.62. The fourth-order valence-corrected chi connectivity index (χ4v) is 5.38. The SMILES string of the molecule is CS(=O)(=O)N[C@H]1C2CC(C2)N[C@H]1Cc1cccc(-c2cc(F)cc(C(F)F)c2)c1F.Cl. The molecule has 0 spiro atoms. The van der Waals surface area contributed by atoms with Gasteiger partial charge in [-0.15, -0.1) is 12.4 Å². The Kier molecular flexibility index (Phi) is 7.00. The van der Waals surface area contributed by atoms with Gasteiger partial charge in [-0.05, 0) is 54.5 Å². The quantitative estimate of drug-likeness (QED) is 0.612. The predicted molar refractivity (Wildman–Crippen MR) is 113 cm³/mol. The van der Waals surface area contributed by atoms with Crippen molar-refractivity contribution in [3.8, 4) is 11.1 Å². The minimum absolute atomic E-state index is 0. The van der Waals surface area contributed by atoms with Crippen LogP contribution in [0.5, 0.6) is 0 Å². The van der Waals surface area contributed by atoms with Gasteiger partial charge in [0.05, 0.1) is 6.26 Å². The molecule has 3 aliphatic rings. The summed E-state index contributed by atoms with van der Waals surface area (Å²) in [4.78, 5) is 0. The molecule has 0 aromatic heterocycles. The highest BCUT2D eigenvalue weighted by Gasteiger charge is 2.46. The Bertz CT molecular complexity index is 1060. The summed E-state index contributed by atoms with van der Waals surface area (Å²) in [6.45, 7) is 0. The Morgan fingerprint density at radius 1 is 1.16 bits per heavy atom. The van der Waals surface area contributed by atoms with E-state index in [-0.39, 0.29) is 54.0 Å². The minimum atomic E-state index is -3.43. The zero-order valence-corrected chi connectivity index (χ0v) is 18.3. The highest BCUT2D eigenvalue weighted by Crippen LogP contribution is 2.38. The number of benzene rings is 2. The average molecular weight is 479 g/mol. The van der Waals surface area contributed by atoms with E-state index in [0.717, 1.165) is 37.3 Å². The van der Waals surface area contributed by atoms with Gasteiger partial charge < -0.3 is 5.32 Å². The van der Waals surface area contributed by atoms with Crippen LogP contribution in [0.2, 0.25) is 0 Å². The molecular weight excluding hydrogens is 456 g/mol. The molecule has 0 amide bonds. The van der Waals surface area contributed by atoms with E-state index < -0.39 is 33.6 Å². The molecule has 2 aromatic carbocycles. The summed E-state index contributed by atoms with van der Waals surface area (Å²) in [5, 5.41) is 3.37. The van der Waals surface area contributed by atoms with Gasteiger partial charge in [0.25, 0.3) is 6.43 Å². The molecule has 2 aromatic rings. The maximum Gasteiger partial charge on any atom is 0.263 e. The fourth-order valence-electron chi connectivity index (χ4n) is 4.53. The molecule has 1 saturated carbocycles. The predicted octanol–water partition coefficient (Wildman–Crippen LogP) is 4.20. The molecule has 5 rings (SSSR count).